The number of esters is 1. The summed E-state index contributed by atoms with van der Waals surface area (Å²) in [6, 6.07) is 0. The van der Waals surface area contributed by atoms with Crippen LogP contribution in [0.4, 0.5) is 0 Å². The van der Waals surface area contributed by atoms with Crippen molar-refractivity contribution < 1.29 is 178 Å². The van der Waals surface area contributed by atoms with Crippen LogP contribution in [0, 0.1) is 28.1 Å². The van der Waals surface area contributed by atoms with E-state index >= 15 is 4.79 Å². The minimum Gasteiger partial charge on any atom is -0.432 e. The molecule has 36 heteroatoms. The highest BCUT2D eigenvalue weighted by molar-refractivity contribution is 5.77. The molecular weight excluding hydrogens is 1330 g/mol. The van der Waals surface area contributed by atoms with Crippen molar-refractivity contribution in [1.29, 1.82) is 0 Å². The van der Waals surface area contributed by atoms with Gasteiger partial charge in [0.05, 0.1) is 62.9 Å². The molecular formula is C63H104O36. The first kappa shape index (κ1) is 79.4. The SMILES string of the molecule is C=C(C)[C@]1(OC2OC(CO)C(O)C(OC3OC(CO)C(O)C(O)C3O)C2OC2OC(CO)C(O)CC2O)CC[C@@H]2[C@@](C)(CC[C@H]3[C@@]2(C)CCC[C@@]3(C)C(=O)OC2OC(CO)C(O)C(OC3OC(CO)C(O)C(O)C3O)C2OC2OC(C)C(O)C(OC3OC(CO)C(O)C(O)C3O)C2O)C1. The maximum atomic E-state index is 15.7. The highest BCUT2D eigenvalue weighted by Gasteiger charge is 2.67. The quantitative estimate of drug-likeness (QED) is 0.0288. The molecule has 21 N–H and O–H groups in total. The van der Waals surface area contributed by atoms with Crippen molar-refractivity contribution in [1.82, 2.24) is 0 Å². The first-order valence-electron chi connectivity index (χ1n) is 34.0. The average Bonchev–Trinajstić information content (AvgIpc) is 0.700. The lowest BCUT2D eigenvalue weighted by atomic mass is 9.40. The summed E-state index contributed by atoms with van der Waals surface area (Å²) in [7, 11) is 0. The van der Waals surface area contributed by atoms with Crippen molar-refractivity contribution in [2.75, 3.05) is 39.6 Å². The zero-order valence-electron chi connectivity index (χ0n) is 55.6. The Balaban J connectivity index is 0.931. The summed E-state index contributed by atoms with van der Waals surface area (Å²) in [5.74, 6) is -1.56. The Hall–Kier alpha value is -2.15. The van der Waals surface area contributed by atoms with E-state index in [0.717, 1.165) is 0 Å². The van der Waals surface area contributed by atoms with E-state index in [9.17, 15) is 107 Å². The monoisotopic (exact) mass is 1440 g/mol. The van der Waals surface area contributed by atoms with Gasteiger partial charge >= 0.3 is 5.97 Å². The lowest BCUT2D eigenvalue weighted by molar-refractivity contribution is -0.397. The summed E-state index contributed by atoms with van der Waals surface area (Å²) in [4.78, 5) is 15.7. The minimum atomic E-state index is -2.15. The molecule has 0 aromatic heterocycles. The second-order valence-electron chi connectivity index (χ2n) is 29.4. The van der Waals surface area contributed by atoms with Gasteiger partial charge in [-0.05, 0) is 94.0 Å². The van der Waals surface area contributed by atoms with Gasteiger partial charge in [0.1, 0.15) is 146 Å². The Bertz CT molecular complexity index is 2650. The van der Waals surface area contributed by atoms with Gasteiger partial charge in [0.2, 0.25) is 6.29 Å². The third-order valence-electron chi connectivity index (χ3n) is 23.0. The average molecular weight is 1440 g/mol. The fourth-order valence-corrected chi connectivity index (χ4v) is 17.3. The maximum Gasteiger partial charge on any atom is 0.314 e. The molecule has 10 rings (SSSR count). The first-order chi connectivity index (χ1) is 46.7. The maximum absolute atomic E-state index is 15.7. The Morgan fingerprint density at radius 2 is 0.818 bits per heavy atom. The normalized spacial score (nSPS) is 53.6. The van der Waals surface area contributed by atoms with Crippen molar-refractivity contribution in [2.24, 2.45) is 28.1 Å². The van der Waals surface area contributed by atoms with Crippen LogP contribution in [-0.4, -0.2) is 367 Å². The fourth-order valence-electron chi connectivity index (χ4n) is 17.3. The van der Waals surface area contributed by atoms with Crippen LogP contribution in [0.25, 0.3) is 0 Å². The third kappa shape index (κ3) is 15.0. The van der Waals surface area contributed by atoms with Gasteiger partial charge in [-0.15, -0.1) is 0 Å². The zero-order valence-corrected chi connectivity index (χ0v) is 55.6. The predicted octanol–water partition coefficient (Wildman–Crippen LogP) is -8.95. The second-order valence-corrected chi connectivity index (χ2v) is 29.4. The molecule has 10 aliphatic rings. The zero-order chi connectivity index (χ0) is 72.4. The van der Waals surface area contributed by atoms with Crippen molar-refractivity contribution >= 4 is 5.97 Å². The number of aliphatic hydroxyl groups excluding tert-OH is 21. The van der Waals surface area contributed by atoms with Gasteiger partial charge in [0, 0.05) is 6.42 Å². The molecule has 36 nitrogen and oxygen atoms in total. The summed E-state index contributed by atoms with van der Waals surface area (Å²) in [6.45, 7) is 8.15. The summed E-state index contributed by atoms with van der Waals surface area (Å²) in [5.41, 5.74) is -3.62. The molecule has 34 unspecified atom stereocenters. The van der Waals surface area contributed by atoms with E-state index in [1.807, 2.05) is 0 Å². The Morgan fingerprint density at radius 3 is 1.30 bits per heavy atom. The number of carbonyl (C=O) groups is 1. The van der Waals surface area contributed by atoms with E-state index in [4.69, 9.17) is 66.3 Å². The number of aliphatic hydroxyl groups is 21. The van der Waals surface area contributed by atoms with Crippen LogP contribution in [0.3, 0.4) is 0 Å². The van der Waals surface area contributed by atoms with Crippen molar-refractivity contribution in [3.8, 4) is 0 Å². The molecule has 7 saturated heterocycles. The van der Waals surface area contributed by atoms with Crippen LogP contribution in [0.1, 0.15) is 92.4 Å². The molecule has 0 spiro atoms. The largest absolute Gasteiger partial charge is 0.432 e. The van der Waals surface area contributed by atoms with Crippen LogP contribution in [0.2, 0.25) is 0 Å². The summed E-state index contributed by atoms with van der Waals surface area (Å²) in [6.07, 6.45) is -58.7. The van der Waals surface area contributed by atoms with Crippen LogP contribution in [0.5, 0.6) is 0 Å². The third-order valence-corrected chi connectivity index (χ3v) is 23.0. The lowest BCUT2D eigenvalue weighted by Gasteiger charge is -2.66. The Kier molecular flexibility index (Phi) is 25.5. The summed E-state index contributed by atoms with van der Waals surface area (Å²) >= 11 is 0. The molecule has 3 saturated carbocycles. The van der Waals surface area contributed by atoms with Gasteiger partial charge in [-0.2, -0.15) is 0 Å². The van der Waals surface area contributed by atoms with E-state index < -0.39 is 282 Å². The molecule has 0 aromatic rings. The number of ether oxygens (including phenoxy) is 14. The smallest absolute Gasteiger partial charge is 0.314 e. The summed E-state index contributed by atoms with van der Waals surface area (Å²) < 4.78 is 85.7. The molecule has 0 bridgehead atoms. The van der Waals surface area contributed by atoms with Crippen LogP contribution >= 0.6 is 0 Å². The molecule has 0 amide bonds. The molecule has 40 atom stereocenters. The molecule has 7 aliphatic heterocycles. The number of hydrogen-bond donors (Lipinski definition) is 21. The molecule has 99 heavy (non-hydrogen) atoms. The molecule has 0 radical (unpaired) electrons. The lowest BCUT2D eigenvalue weighted by Crippen LogP contribution is -2.68. The first-order valence-corrected chi connectivity index (χ1v) is 34.0. The van der Waals surface area contributed by atoms with Crippen molar-refractivity contribution in [3.05, 3.63) is 12.2 Å². The highest BCUT2D eigenvalue weighted by atomic mass is 16.8. The molecule has 572 valence electrons. The summed E-state index contributed by atoms with van der Waals surface area (Å²) in [5, 5.41) is 228. The molecule has 3 aliphatic carbocycles. The van der Waals surface area contributed by atoms with Crippen molar-refractivity contribution in [2.45, 2.75) is 307 Å². The number of fused-ring (bicyclic) bond motifs is 3. The van der Waals surface area contributed by atoms with Gasteiger partial charge in [-0.3, -0.25) is 4.79 Å². The van der Waals surface area contributed by atoms with Gasteiger partial charge in [0.15, 0.2) is 43.8 Å². The second kappa shape index (κ2) is 31.7. The van der Waals surface area contributed by atoms with E-state index in [0.29, 0.717) is 37.7 Å². The molecule has 0 aromatic carbocycles. The number of rotatable bonds is 21. The predicted molar refractivity (Wildman–Crippen MR) is 321 cm³/mol. The van der Waals surface area contributed by atoms with E-state index in [2.05, 4.69) is 20.4 Å². The van der Waals surface area contributed by atoms with E-state index in [1.54, 1.807) is 13.8 Å². The standard InChI is InChI=1S/C63H104O36/c1-22(2)63(99-58-51(96-52-25(71)14-24(70)26(15-64)87-52)49(39(77)31(20-69)92-58)95-55-45(83)42(80)37(75)29(18-67)90-55)13-9-32-60(4,21-63)12-8-33-61(32,5)10-7-11-62(33,6)59(85)98-57-50(48(38(76)30(19-68)91-57)94-54-44(82)41(79)36(74)28(17-66)89-54)97-56-46(84)47(34(72)23(3)86-56)93-53-43(81)40(78)35(73)27(16-65)88-53/h23-58,64-84H,1,7-21H2,2-6H3/t23?,24?,25?,26?,27?,28?,29?,30?,31?,32-,33+,34?,35?,36?,37?,38?,39?,40?,41?,42?,43?,44?,45?,46?,47?,48?,49?,50?,51?,52?,53?,54?,55?,56?,57?,58?,60+,61+,62-,63+/m1/s1. The number of carbonyl (C=O) groups excluding carboxylic acids is 1. The van der Waals surface area contributed by atoms with Gasteiger partial charge in [0.25, 0.3) is 0 Å². The van der Waals surface area contributed by atoms with Crippen LogP contribution in [-0.2, 0) is 71.1 Å². The van der Waals surface area contributed by atoms with Gasteiger partial charge < -0.3 is 174 Å². The van der Waals surface area contributed by atoms with E-state index in [1.165, 1.54) is 6.92 Å². The van der Waals surface area contributed by atoms with Gasteiger partial charge in [-0.25, -0.2) is 0 Å². The van der Waals surface area contributed by atoms with Crippen LogP contribution in [0.15, 0.2) is 12.2 Å². The number of hydrogen-bond acceptors (Lipinski definition) is 36. The van der Waals surface area contributed by atoms with E-state index in [-0.39, 0.29) is 31.6 Å². The minimum absolute atomic E-state index is 0.207. The van der Waals surface area contributed by atoms with Crippen LogP contribution < -0.4 is 0 Å². The Morgan fingerprint density at radius 1 is 0.414 bits per heavy atom. The topological polar surface area (TPSA) is 571 Å². The Labute approximate surface area is 569 Å². The highest BCUT2D eigenvalue weighted by Crippen LogP contribution is 2.69. The fraction of sp³-hybridized carbons (Fsp3) is 0.952. The van der Waals surface area contributed by atoms with Crippen molar-refractivity contribution in [3.63, 3.8) is 0 Å². The van der Waals surface area contributed by atoms with Gasteiger partial charge in [-0.1, -0.05) is 26.8 Å². The molecule has 7 heterocycles. The molecule has 10 fully saturated rings.